The number of aromatic nitrogens is 3. The number of amides is 2. The molecule has 1 fully saturated rings. The Morgan fingerprint density at radius 1 is 1.18 bits per heavy atom. The molecule has 0 spiro atoms. The molecule has 1 aromatic heterocycles. The van der Waals surface area contributed by atoms with Gasteiger partial charge in [-0.05, 0) is 46.3 Å². The van der Waals surface area contributed by atoms with Crippen molar-refractivity contribution in [3.63, 3.8) is 0 Å². The van der Waals surface area contributed by atoms with Crippen LogP contribution in [0.25, 0.3) is 0 Å². The number of carbonyl (C=O) groups excluding carboxylic acids is 2. The molecule has 1 aliphatic carbocycles. The van der Waals surface area contributed by atoms with E-state index in [-0.39, 0.29) is 18.9 Å². The smallest absolute Gasteiger partial charge is 0.407 e. The second-order valence-corrected chi connectivity index (χ2v) is 8.82. The van der Waals surface area contributed by atoms with Crippen molar-refractivity contribution in [2.24, 2.45) is 0 Å². The SMILES string of the molecule is CSc1nnc(CCCNC(=O)CCNC(=O)OC(C)(C)C)n1C1CCCC1. The fourth-order valence-corrected chi connectivity index (χ4v) is 3.87. The maximum atomic E-state index is 11.9. The summed E-state index contributed by atoms with van der Waals surface area (Å²) in [5.41, 5.74) is -0.540. The van der Waals surface area contributed by atoms with E-state index in [0.717, 1.165) is 23.8 Å². The first-order valence-corrected chi connectivity index (χ1v) is 11.2. The molecule has 9 heteroatoms. The van der Waals surface area contributed by atoms with E-state index in [9.17, 15) is 9.59 Å². The summed E-state index contributed by atoms with van der Waals surface area (Å²) in [6.45, 7) is 6.24. The number of carbonyl (C=O) groups is 2. The van der Waals surface area contributed by atoms with E-state index in [0.29, 0.717) is 12.6 Å². The third kappa shape index (κ3) is 7.33. The number of alkyl carbamates (subject to hydrolysis) is 1. The van der Waals surface area contributed by atoms with Crippen molar-refractivity contribution in [2.75, 3.05) is 19.3 Å². The summed E-state index contributed by atoms with van der Waals surface area (Å²) in [4.78, 5) is 23.5. The first-order valence-electron chi connectivity index (χ1n) is 10.0. The second-order valence-electron chi connectivity index (χ2n) is 8.04. The molecule has 2 N–H and O–H groups in total. The van der Waals surface area contributed by atoms with E-state index < -0.39 is 11.7 Å². The zero-order valence-corrected chi connectivity index (χ0v) is 18.2. The topological polar surface area (TPSA) is 98.1 Å². The molecular weight excluding hydrogens is 378 g/mol. The molecule has 0 aliphatic heterocycles. The minimum absolute atomic E-state index is 0.0851. The zero-order chi connectivity index (χ0) is 20.6. The summed E-state index contributed by atoms with van der Waals surface area (Å²) in [6.07, 6.45) is 8.28. The largest absolute Gasteiger partial charge is 0.444 e. The molecule has 0 unspecified atom stereocenters. The van der Waals surface area contributed by atoms with Crippen LogP contribution in [0.2, 0.25) is 0 Å². The highest BCUT2D eigenvalue weighted by atomic mass is 32.2. The number of nitrogens with zero attached hydrogens (tertiary/aromatic N) is 3. The van der Waals surface area contributed by atoms with Gasteiger partial charge in [0.1, 0.15) is 11.4 Å². The van der Waals surface area contributed by atoms with Crippen LogP contribution in [0.4, 0.5) is 4.79 Å². The Kier molecular flexibility index (Phi) is 8.59. The third-order valence-electron chi connectivity index (χ3n) is 4.53. The second kappa shape index (κ2) is 10.7. The quantitative estimate of drug-likeness (QED) is 0.479. The van der Waals surface area contributed by atoms with Gasteiger partial charge in [0.15, 0.2) is 5.16 Å². The Hall–Kier alpha value is -1.77. The Labute approximate surface area is 171 Å². The van der Waals surface area contributed by atoms with Gasteiger partial charge in [-0.3, -0.25) is 4.79 Å². The van der Waals surface area contributed by atoms with Gasteiger partial charge in [0, 0.05) is 32.0 Å². The number of nitrogens with one attached hydrogen (secondary N) is 2. The summed E-state index contributed by atoms with van der Waals surface area (Å²) in [5.74, 6) is 0.926. The van der Waals surface area contributed by atoms with Crippen molar-refractivity contribution >= 4 is 23.8 Å². The van der Waals surface area contributed by atoms with Crippen molar-refractivity contribution in [1.82, 2.24) is 25.4 Å². The molecule has 0 bridgehead atoms. The number of ether oxygens (including phenoxy) is 1. The molecule has 1 saturated carbocycles. The molecule has 0 saturated heterocycles. The van der Waals surface area contributed by atoms with Crippen LogP contribution < -0.4 is 10.6 Å². The van der Waals surface area contributed by atoms with Crippen LogP contribution in [0.5, 0.6) is 0 Å². The molecule has 1 aliphatic rings. The van der Waals surface area contributed by atoms with Gasteiger partial charge in [0.25, 0.3) is 0 Å². The van der Waals surface area contributed by atoms with Crippen molar-refractivity contribution in [1.29, 1.82) is 0 Å². The van der Waals surface area contributed by atoms with E-state index in [1.165, 1.54) is 25.7 Å². The molecular formula is C19H33N5O3S. The predicted molar refractivity (Wildman–Crippen MR) is 109 cm³/mol. The number of thioether (sulfide) groups is 1. The monoisotopic (exact) mass is 411 g/mol. The van der Waals surface area contributed by atoms with Gasteiger partial charge in [-0.1, -0.05) is 24.6 Å². The predicted octanol–water partition coefficient (Wildman–Crippen LogP) is 3.08. The standard InChI is InChI=1S/C19H33N5O3S/c1-19(2,3)27-18(26)21-13-11-16(25)20-12-7-10-15-22-23-17(28-4)24(15)14-8-5-6-9-14/h14H,5-13H2,1-4H3,(H,20,25)(H,21,26). The molecule has 28 heavy (non-hydrogen) atoms. The molecule has 0 atom stereocenters. The highest BCUT2D eigenvalue weighted by molar-refractivity contribution is 7.98. The average Bonchev–Trinajstić information content (AvgIpc) is 3.26. The molecule has 8 nitrogen and oxygen atoms in total. The Bertz CT molecular complexity index is 650. The fraction of sp³-hybridized carbons (Fsp3) is 0.789. The van der Waals surface area contributed by atoms with Gasteiger partial charge >= 0.3 is 6.09 Å². The van der Waals surface area contributed by atoms with Crippen LogP contribution >= 0.6 is 11.8 Å². The minimum atomic E-state index is -0.540. The van der Waals surface area contributed by atoms with Crippen LogP contribution in [0.3, 0.4) is 0 Å². The maximum absolute atomic E-state index is 11.9. The lowest BCUT2D eigenvalue weighted by Gasteiger charge is -2.19. The van der Waals surface area contributed by atoms with Gasteiger partial charge in [-0.25, -0.2) is 4.79 Å². The van der Waals surface area contributed by atoms with Gasteiger partial charge in [-0.15, -0.1) is 10.2 Å². The van der Waals surface area contributed by atoms with Crippen molar-refractivity contribution in [2.45, 2.75) is 82.5 Å². The van der Waals surface area contributed by atoms with Crippen LogP contribution in [0.1, 0.15) is 71.2 Å². The van der Waals surface area contributed by atoms with E-state index >= 15 is 0 Å². The normalized spacial score (nSPS) is 14.9. The van der Waals surface area contributed by atoms with Crippen molar-refractivity contribution in [3.05, 3.63) is 5.82 Å². The Morgan fingerprint density at radius 3 is 2.54 bits per heavy atom. The zero-order valence-electron chi connectivity index (χ0n) is 17.4. The summed E-state index contributed by atoms with van der Waals surface area (Å²) in [6, 6.07) is 0.515. The molecule has 2 amide bonds. The summed E-state index contributed by atoms with van der Waals surface area (Å²) in [7, 11) is 0. The van der Waals surface area contributed by atoms with Crippen LogP contribution in [0, 0.1) is 0 Å². The van der Waals surface area contributed by atoms with E-state index in [4.69, 9.17) is 4.74 Å². The Morgan fingerprint density at radius 2 is 1.89 bits per heavy atom. The van der Waals surface area contributed by atoms with Crippen LogP contribution in [-0.2, 0) is 16.0 Å². The lowest BCUT2D eigenvalue weighted by molar-refractivity contribution is -0.120. The van der Waals surface area contributed by atoms with Crippen LogP contribution in [-0.4, -0.2) is 51.7 Å². The molecule has 1 aromatic rings. The first kappa shape index (κ1) is 22.5. The third-order valence-corrected chi connectivity index (χ3v) is 5.17. The number of rotatable bonds is 9. The van der Waals surface area contributed by atoms with Gasteiger partial charge in [-0.2, -0.15) is 0 Å². The van der Waals surface area contributed by atoms with Crippen molar-refractivity contribution in [3.8, 4) is 0 Å². The molecule has 2 rings (SSSR count). The highest BCUT2D eigenvalue weighted by Gasteiger charge is 2.23. The molecule has 158 valence electrons. The number of hydrogen-bond acceptors (Lipinski definition) is 6. The molecule has 0 radical (unpaired) electrons. The highest BCUT2D eigenvalue weighted by Crippen LogP contribution is 2.33. The summed E-state index contributed by atoms with van der Waals surface area (Å²) >= 11 is 1.64. The van der Waals surface area contributed by atoms with E-state index in [2.05, 4.69) is 25.4 Å². The van der Waals surface area contributed by atoms with Crippen molar-refractivity contribution < 1.29 is 14.3 Å². The minimum Gasteiger partial charge on any atom is -0.444 e. The number of hydrogen-bond donors (Lipinski definition) is 2. The summed E-state index contributed by atoms with van der Waals surface area (Å²) < 4.78 is 7.43. The van der Waals surface area contributed by atoms with Gasteiger partial charge < -0.3 is 19.9 Å². The lowest BCUT2D eigenvalue weighted by atomic mass is 10.2. The number of aryl methyl sites for hydroxylation is 1. The maximum Gasteiger partial charge on any atom is 0.407 e. The first-order chi connectivity index (χ1) is 13.3. The van der Waals surface area contributed by atoms with E-state index in [1.54, 1.807) is 32.5 Å². The lowest BCUT2D eigenvalue weighted by Crippen LogP contribution is -2.35. The molecule has 1 heterocycles. The summed E-state index contributed by atoms with van der Waals surface area (Å²) in [5, 5.41) is 15.1. The van der Waals surface area contributed by atoms with E-state index in [1.807, 2.05) is 6.26 Å². The fourth-order valence-electron chi connectivity index (χ4n) is 3.30. The van der Waals surface area contributed by atoms with Gasteiger partial charge in [0.2, 0.25) is 5.91 Å². The van der Waals surface area contributed by atoms with Crippen LogP contribution in [0.15, 0.2) is 5.16 Å². The Balaban J connectivity index is 1.67. The van der Waals surface area contributed by atoms with Gasteiger partial charge in [0.05, 0.1) is 0 Å². The molecule has 0 aromatic carbocycles. The average molecular weight is 412 g/mol.